The van der Waals surface area contributed by atoms with Gasteiger partial charge in [-0.3, -0.25) is 4.99 Å². The zero-order chi connectivity index (χ0) is 43.9. The summed E-state index contributed by atoms with van der Waals surface area (Å²) < 4.78 is 6.99. The van der Waals surface area contributed by atoms with Gasteiger partial charge in [0.2, 0.25) is 0 Å². The molecule has 66 heavy (non-hydrogen) atoms. The molecule has 12 aromatic rings. The molecule has 11 aromatic carbocycles. The average Bonchev–Trinajstić information content (AvgIpc) is 3.73. The average molecular weight is 845 g/mol. The zero-order valence-corrected chi connectivity index (χ0v) is 36.8. The monoisotopic (exact) mass is 844 g/mol. The summed E-state index contributed by atoms with van der Waals surface area (Å²) >= 11 is 0. The maximum absolute atomic E-state index is 6.99. The predicted molar refractivity (Wildman–Crippen MR) is 279 cm³/mol. The quantitative estimate of drug-likeness (QED) is 0.0966. The number of furan rings is 1. The second kappa shape index (κ2) is 15.3. The van der Waals surface area contributed by atoms with E-state index in [4.69, 9.17) is 14.4 Å². The van der Waals surface area contributed by atoms with Crippen molar-refractivity contribution in [2.45, 2.75) is 32.2 Å². The summed E-state index contributed by atoms with van der Waals surface area (Å²) in [6, 6.07) is 74.9. The molecule has 0 fully saturated rings. The molecule has 3 nitrogen and oxygen atoms in total. The molecule has 0 aliphatic heterocycles. The Bertz CT molecular complexity index is 4000. The molecule has 0 saturated heterocycles. The fourth-order valence-electron chi connectivity index (χ4n) is 10.7. The van der Waals surface area contributed by atoms with Crippen LogP contribution in [0.4, 0.5) is 0 Å². The van der Waals surface area contributed by atoms with Crippen LogP contribution in [-0.4, -0.2) is 11.5 Å². The van der Waals surface area contributed by atoms with Crippen molar-refractivity contribution < 1.29 is 4.42 Å². The molecule has 1 aromatic heterocycles. The maximum Gasteiger partial charge on any atom is 0.155 e. The number of amidine groups is 1. The highest BCUT2D eigenvalue weighted by Gasteiger charge is 2.31. The summed E-state index contributed by atoms with van der Waals surface area (Å²) in [6.45, 7) is 4.28. The van der Waals surface area contributed by atoms with Crippen LogP contribution in [0.25, 0.3) is 86.9 Å². The van der Waals surface area contributed by atoms with Gasteiger partial charge < -0.3 is 4.42 Å². The second-order valence-corrected chi connectivity index (χ2v) is 18.1. The van der Waals surface area contributed by atoms with Gasteiger partial charge in [0.05, 0.1) is 6.04 Å². The number of hydrogen-bond donors (Lipinski definition) is 0. The molecule has 2 unspecified atom stereocenters. The molecule has 1 heterocycles. The molecule has 2 atom stereocenters. The lowest BCUT2D eigenvalue weighted by Gasteiger charge is -2.30. The van der Waals surface area contributed by atoms with Crippen LogP contribution in [0.1, 0.15) is 59.2 Å². The number of fused-ring (bicyclic) bond motifs is 12. The lowest BCUT2D eigenvalue weighted by Crippen LogP contribution is -2.14. The summed E-state index contributed by atoms with van der Waals surface area (Å²) in [5, 5.41) is 14.6. The number of benzene rings is 11. The van der Waals surface area contributed by atoms with Gasteiger partial charge in [0.25, 0.3) is 0 Å². The molecule has 0 radical (unpaired) electrons. The van der Waals surface area contributed by atoms with E-state index >= 15 is 0 Å². The molecular weight excluding hydrogens is 801 g/mol. The fourth-order valence-corrected chi connectivity index (χ4v) is 10.7. The SMILES string of the molecule is C/C(=N\C(=N/C(C)c1cc(C2Cc3cc4ccccc4cc3-c3cc4ccccc4cc32)c2c(c1)oc1cc3ccccc3cc12)c1ccc2c(ccc3ccccc32)c1)c1ccccc1. The van der Waals surface area contributed by atoms with Crippen molar-refractivity contribution in [2.24, 2.45) is 9.98 Å². The summed E-state index contributed by atoms with van der Waals surface area (Å²) in [4.78, 5) is 10.9. The van der Waals surface area contributed by atoms with Crippen molar-refractivity contribution in [3.05, 3.63) is 240 Å². The van der Waals surface area contributed by atoms with Gasteiger partial charge in [0, 0.05) is 28.0 Å². The number of hydrogen-bond acceptors (Lipinski definition) is 2. The van der Waals surface area contributed by atoms with Crippen molar-refractivity contribution in [1.82, 2.24) is 0 Å². The van der Waals surface area contributed by atoms with Gasteiger partial charge >= 0.3 is 0 Å². The van der Waals surface area contributed by atoms with Crippen molar-refractivity contribution >= 4 is 87.3 Å². The Balaban J connectivity index is 1.04. The van der Waals surface area contributed by atoms with Crippen molar-refractivity contribution in [1.29, 1.82) is 0 Å². The number of nitrogens with zero attached hydrogens (tertiary/aromatic N) is 2. The first kappa shape index (κ1) is 38.3. The Morgan fingerprint density at radius 1 is 0.470 bits per heavy atom. The summed E-state index contributed by atoms with van der Waals surface area (Å²) in [5.41, 5.74) is 12.4. The van der Waals surface area contributed by atoms with E-state index in [1.807, 2.05) is 6.07 Å². The van der Waals surface area contributed by atoms with Gasteiger partial charge in [-0.25, -0.2) is 4.99 Å². The fraction of sp³-hybridized carbons (Fsp3) is 0.0794. The topological polar surface area (TPSA) is 37.9 Å². The van der Waals surface area contributed by atoms with Crippen LogP contribution in [-0.2, 0) is 6.42 Å². The Morgan fingerprint density at radius 2 is 1.08 bits per heavy atom. The van der Waals surface area contributed by atoms with Crippen molar-refractivity contribution in [3.63, 3.8) is 0 Å². The van der Waals surface area contributed by atoms with E-state index in [0.717, 1.165) is 50.8 Å². The van der Waals surface area contributed by atoms with Crippen LogP contribution in [0.5, 0.6) is 0 Å². The summed E-state index contributed by atoms with van der Waals surface area (Å²) in [6.07, 6.45) is 0.861. The lowest BCUT2D eigenvalue weighted by atomic mass is 9.73. The number of aliphatic imine (C=N–C) groups is 2. The van der Waals surface area contributed by atoms with E-state index in [1.165, 1.54) is 81.7 Å². The minimum Gasteiger partial charge on any atom is -0.456 e. The third-order valence-electron chi connectivity index (χ3n) is 14.1. The lowest BCUT2D eigenvalue weighted by molar-refractivity contribution is 0.666. The van der Waals surface area contributed by atoms with Crippen LogP contribution in [0, 0.1) is 0 Å². The zero-order valence-electron chi connectivity index (χ0n) is 36.8. The second-order valence-electron chi connectivity index (χ2n) is 18.1. The van der Waals surface area contributed by atoms with Crippen LogP contribution < -0.4 is 0 Å². The molecule has 0 N–H and O–H groups in total. The summed E-state index contributed by atoms with van der Waals surface area (Å²) in [7, 11) is 0. The van der Waals surface area contributed by atoms with Gasteiger partial charge in [-0.15, -0.1) is 0 Å². The molecule has 0 saturated carbocycles. The Labute approximate surface area is 383 Å². The molecule has 1 aliphatic carbocycles. The first-order valence-corrected chi connectivity index (χ1v) is 23.0. The first-order chi connectivity index (χ1) is 32.5. The highest BCUT2D eigenvalue weighted by Crippen LogP contribution is 2.49. The van der Waals surface area contributed by atoms with Crippen molar-refractivity contribution in [3.8, 4) is 11.1 Å². The third-order valence-corrected chi connectivity index (χ3v) is 14.1. The third kappa shape index (κ3) is 6.42. The van der Waals surface area contributed by atoms with E-state index in [-0.39, 0.29) is 12.0 Å². The molecule has 0 amide bonds. The Kier molecular flexibility index (Phi) is 8.86. The molecule has 0 spiro atoms. The molecular formula is C63H44N2O. The predicted octanol–water partition coefficient (Wildman–Crippen LogP) is 16.7. The van der Waals surface area contributed by atoms with Crippen LogP contribution >= 0.6 is 0 Å². The highest BCUT2D eigenvalue weighted by atomic mass is 16.3. The number of rotatable bonds is 5. The van der Waals surface area contributed by atoms with E-state index in [1.54, 1.807) is 0 Å². The minimum absolute atomic E-state index is 0.0531. The molecule has 3 heteroatoms. The normalized spacial score (nSPS) is 14.7. The molecule has 13 rings (SSSR count). The first-order valence-electron chi connectivity index (χ1n) is 23.0. The molecule has 312 valence electrons. The van der Waals surface area contributed by atoms with E-state index < -0.39 is 0 Å². The Morgan fingerprint density at radius 3 is 1.83 bits per heavy atom. The van der Waals surface area contributed by atoms with Crippen LogP contribution in [0.15, 0.2) is 221 Å². The Hall–Kier alpha value is -8.14. The van der Waals surface area contributed by atoms with E-state index in [2.05, 4.69) is 214 Å². The van der Waals surface area contributed by atoms with Gasteiger partial charge in [-0.05, 0) is 156 Å². The summed E-state index contributed by atoms with van der Waals surface area (Å²) in [5.74, 6) is 0.754. The van der Waals surface area contributed by atoms with Crippen LogP contribution in [0.3, 0.4) is 0 Å². The molecule has 1 aliphatic rings. The smallest absolute Gasteiger partial charge is 0.155 e. The molecule has 0 bridgehead atoms. The standard InChI is InChI=1S/C63H44N2O/c1-38(40-14-4-3-5-15-40)64-63(49-26-27-53-48(29-49)25-24-41-16-12-13-23-52(41)53)65-39(2)50-34-58(62-59-33-46-21-10-11-22-47(46)36-60(59)66-61(62)37-50)57-35-51-28-42-17-6-7-18-43(42)30-54(51)55-31-44-19-8-9-20-45(44)32-56(55)57/h3-34,36-37,39,57H,35H2,1-2H3/b64-38+,65-63-. The largest absolute Gasteiger partial charge is 0.456 e. The highest BCUT2D eigenvalue weighted by molar-refractivity contribution is 6.15. The van der Waals surface area contributed by atoms with Crippen LogP contribution in [0.2, 0.25) is 0 Å². The van der Waals surface area contributed by atoms with E-state index in [9.17, 15) is 0 Å². The van der Waals surface area contributed by atoms with E-state index in [0.29, 0.717) is 5.84 Å². The van der Waals surface area contributed by atoms with Crippen molar-refractivity contribution in [2.75, 3.05) is 0 Å². The van der Waals surface area contributed by atoms with Gasteiger partial charge in [0.1, 0.15) is 11.2 Å². The van der Waals surface area contributed by atoms with Gasteiger partial charge in [-0.1, -0.05) is 164 Å². The maximum atomic E-state index is 6.99. The minimum atomic E-state index is -0.258. The van der Waals surface area contributed by atoms with Gasteiger partial charge in [-0.2, -0.15) is 0 Å². The van der Waals surface area contributed by atoms with Gasteiger partial charge in [0.15, 0.2) is 5.84 Å².